The van der Waals surface area contributed by atoms with Crippen LogP contribution in [0.15, 0.2) is 10.7 Å². The summed E-state index contributed by atoms with van der Waals surface area (Å²) in [6.45, 7) is 6.57. The number of rotatable bonds is 3. The first-order chi connectivity index (χ1) is 6.00. The molecule has 0 radical (unpaired) electrons. The van der Waals surface area contributed by atoms with Gasteiger partial charge in [-0.25, -0.2) is 0 Å². The molecule has 13 heavy (non-hydrogen) atoms. The van der Waals surface area contributed by atoms with E-state index in [0.29, 0.717) is 17.8 Å². The quantitative estimate of drug-likeness (QED) is 0.891. The smallest absolute Gasteiger partial charge is 0.159 e. The Labute approximate surface area is 87.4 Å². The average Bonchev–Trinajstić information content (AvgIpc) is 2.31. The third-order valence-electron chi connectivity index (χ3n) is 1.98. The van der Waals surface area contributed by atoms with Gasteiger partial charge in [-0.05, 0) is 35.2 Å². The second-order valence-electron chi connectivity index (χ2n) is 3.82. The molecule has 0 saturated heterocycles. The summed E-state index contributed by atoms with van der Waals surface area (Å²) in [5, 5.41) is 4.21. The third-order valence-corrected chi connectivity index (χ3v) is 2.59. The molecule has 2 N–H and O–H groups in total. The molecule has 0 aliphatic heterocycles. The molecule has 3 nitrogen and oxygen atoms in total. The van der Waals surface area contributed by atoms with Crippen LogP contribution >= 0.6 is 15.9 Å². The van der Waals surface area contributed by atoms with Gasteiger partial charge in [0, 0.05) is 12.2 Å². The summed E-state index contributed by atoms with van der Waals surface area (Å²) in [6, 6.07) is 0.411. The number of nitrogens with zero attached hydrogens (tertiary/aromatic N) is 2. The van der Waals surface area contributed by atoms with E-state index in [-0.39, 0.29) is 0 Å². The van der Waals surface area contributed by atoms with E-state index in [0.717, 1.165) is 10.9 Å². The Morgan fingerprint density at radius 3 is 2.54 bits per heavy atom. The monoisotopic (exact) mass is 245 g/mol. The van der Waals surface area contributed by atoms with Gasteiger partial charge in [0.15, 0.2) is 5.82 Å². The highest BCUT2D eigenvalue weighted by Crippen LogP contribution is 2.22. The number of hydrogen-bond donors (Lipinski definition) is 1. The highest BCUT2D eigenvalue weighted by atomic mass is 79.9. The lowest BCUT2D eigenvalue weighted by Crippen LogP contribution is -2.08. The van der Waals surface area contributed by atoms with Crippen molar-refractivity contribution in [3.63, 3.8) is 0 Å². The van der Waals surface area contributed by atoms with Crippen molar-refractivity contribution in [3.05, 3.63) is 10.7 Å². The highest BCUT2D eigenvalue weighted by Gasteiger charge is 2.10. The first-order valence-electron chi connectivity index (χ1n) is 4.50. The normalized spacial score (nSPS) is 13.6. The maximum absolute atomic E-state index is 5.63. The van der Waals surface area contributed by atoms with Crippen LogP contribution in [0.2, 0.25) is 0 Å². The van der Waals surface area contributed by atoms with E-state index >= 15 is 0 Å². The standard InChI is InChI=1S/C9H16BrN3/c1-6(2)4-7(3)13-5-8(10)9(11)12-13/h5-7H,4H2,1-3H3,(H2,11,12). The molecule has 0 aliphatic rings. The van der Waals surface area contributed by atoms with Crippen molar-refractivity contribution in [1.29, 1.82) is 0 Å². The summed E-state index contributed by atoms with van der Waals surface area (Å²) < 4.78 is 2.79. The number of anilines is 1. The maximum atomic E-state index is 5.63. The van der Waals surface area contributed by atoms with Gasteiger partial charge in [-0.2, -0.15) is 5.10 Å². The van der Waals surface area contributed by atoms with Gasteiger partial charge in [0.25, 0.3) is 0 Å². The van der Waals surface area contributed by atoms with Gasteiger partial charge in [0.05, 0.1) is 4.47 Å². The molecule has 1 atom stereocenters. The lowest BCUT2D eigenvalue weighted by molar-refractivity contribution is 0.399. The molecule has 0 amide bonds. The van der Waals surface area contributed by atoms with Gasteiger partial charge in [-0.3, -0.25) is 4.68 Å². The minimum Gasteiger partial charge on any atom is -0.381 e. The van der Waals surface area contributed by atoms with E-state index in [9.17, 15) is 0 Å². The van der Waals surface area contributed by atoms with Gasteiger partial charge in [-0.1, -0.05) is 13.8 Å². The minimum absolute atomic E-state index is 0.411. The molecule has 74 valence electrons. The predicted octanol–water partition coefficient (Wildman–Crippen LogP) is 2.83. The number of nitrogen functional groups attached to an aromatic ring is 1. The maximum Gasteiger partial charge on any atom is 0.159 e. The zero-order valence-electron chi connectivity index (χ0n) is 8.29. The van der Waals surface area contributed by atoms with E-state index in [1.165, 1.54) is 0 Å². The van der Waals surface area contributed by atoms with E-state index in [1.807, 2.05) is 10.9 Å². The predicted molar refractivity (Wildman–Crippen MR) is 58.5 cm³/mol. The van der Waals surface area contributed by atoms with E-state index < -0.39 is 0 Å². The first-order valence-corrected chi connectivity index (χ1v) is 5.30. The molecule has 1 aromatic heterocycles. The molecular weight excluding hydrogens is 230 g/mol. The first kappa shape index (κ1) is 10.6. The highest BCUT2D eigenvalue weighted by molar-refractivity contribution is 9.10. The van der Waals surface area contributed by atoms with Crippen LogP contribution in [0.25, 0.3) is 0 Å². The van der Waals surface area contributed by atoms with Gasteiger partial charge in [0.2, 0.25) is 0 Å². The number of aromatic nitrogens is 2. The molecule has 4 heteroatoms. The van der Waals surface area contributed by atoms with Gasteiger partial charge in [0.1, 0.15) is 0 Å². The summed E-state index contributed by atoms with van der Waals surface area (Å²) in [5.41, 5.74) is 5.63. The molecule has 0 bridgehead atoms. The zero-order valence-corrected chi connectivity index (χ0v) is 9.87. The molecular formula is C9H16BrN3. The largest absolute Gasteiger partial charge is 0.381 e. The summed E-state index contributed by atoms with van der Waals surface area (Å²) >= 11 is 3.34. The SMILES string of the molecule is CC(C)CC(C)n1cc(Br)c(N)n1. The van der Waals surface area contributed by atoms with Crippen molar-refractivity contribution in [3.8, 4) is 0 Å². The van der Waals surface area contributed by atoms with Gasteiger partial charge in [-0.15, -0.1) is 0 Å². The molecule has 0 aromatic carbocycles. The van der Waals surface area contributed by atoms with Crippen LogP contribution in [-0.4, -0.2) is 9.78 Å². The summed E-state index contributed by atoms with van der Waals surface area (Å²) in [7, 11) is 0. The summed E-state index contributed by atoms with van der Waals surface area (Å²) in [5.74, 6) is 1.25. The fraction of sp³-hybridized carbons (Fsp3) is 0.667. The Morgan fingerprint density at radius 1 is 1.54 bits per heavy atom. The fourth-order valence-electron chi connectivity index (χ4n) is 1.40. The molecule has 1 rings (SSSR count). The van der Waals surface area contributed by atoms with Crippen molar-refractivity contribution >= 4 is 21.7 Å². The molecule has 1 heterocycles. The minimum atomic E-state index is 0.411. The van der Waals surface area contributed by atoms with Crippen LogP contribution in [0.4, 0.5) is 5.82 Å². The Balaban J connectivity index is 2.71. The van der Waals surface area contributed by atoms with Crippen LogP contribution in [0.3, 0.4) is 0 Å². The molecule has 1 aromatic rings. The molecule has 1 unspecified atom stereocenters. The lowest BCUT2D eigenvalue weighted by Gasteiger charge is -2.13. The van der Waals surface area contributed by atoms with Crippen molar-refractivity contribution < 1.29 is 0 Å². The van der Waals surface area contributed by atoms with Crippen molar-refractivity contribution in [1.82, 2.24) is 9.78 Å². The summed E-state index contributed by atoms with van der Waals surface area (Å²) in [4.78, 5) is 0. The van der Waals surface area contributed by atoms with E-state index in [4.69, 9.17) is 5.73 Å². The number of halogens is 1. The Morgan fingerprint density at radius 2 is 2.15 bits per heavy atom. The van der Waals surface area contributed by atoms with Crippen molar-refractivity contribution in [2.24, 2.45) is 5.92 Å². The Hall–Kier alpha value is -0.510. The van der Waals surface area contributed by atoms with Crippen LogP contribution in [0, 0.1) is 5.92 Å². The number of hydrogen-bond acceptors (Lipinski definition) is 2. The zero-order chi connectivity index (χ0) is 10.0. The van der Waals surface area contributed by atoms with Crippen molar-refractivity contribution in [2.75, 3.05) is 5.73 Å². The topological polar surface area (TPSA) is 43.8 Å². The van der Waals surface area contributed by atoms with Crippen LogP contribution < -0.4 is 5.73 Å². The average molecular weight is 246 g/mol. The second-order valence-corrected chi connectivity index (χ2v) is 4.68. The lowest BCUT2D eigenvalue weighted by atomic mass is 10.1. The third kappa shape index (κ3) is 2.72. The van der Waals surface area contributed by atoms with E-state index in [1.54, 1.807) is 0 Å². The summed E-state index contributed by atoms with van der Waals surface area (Å²) in [6.07, 6.45) is 3.05. The fourth-order valence-corrected chi connectivity index (χ4v) is 1.69. The molecule has 0 spiro atoms. The van der Waals surface area contributed by atoms with Crippen LogP contribution in [0.5, 0.6) is 0 Å². The molecule has 0 aliphatic carbocycles. The van der Waals surface area contributed by atoms with Gasteiger partial charge >= 0.3 is 0 Å². The van der Waals surface area contributed by atoms with Crippen LogP contribution in [-0.2, 0) is 0 Å². The van der Waals surface area contributed by atoms with E-state index in [2.05, 4.69) is 41.8 Å². The molecule has 0 saturated carbocycles. The van der Waals surface area contributed by atoms with Gasteiger partial charge < -0.3 is 5.73 Å². The molecule has 0 fully saturated rings. The van der Waals surface area contributed by atoms with Crippen LogP contribution in [0.1, 0.15) is 33.2 Å². The van der Waals surface area contributed by atoms with Crippen molar-refractivity contribution in [2.45, 2.75) is 33.2 Å². The number of nitrogens with two attached hydrogens (primary N) is 1. The Kier molecular flexibility index (Phi) is 3.36. The Bertz CT molecular complexity index is 261. The second kappa shape index (κ2) is 4.13.